The number of allylic oxidation sites excluding steroid dienone is 3. The molecule has 0 radical (unpaired) electrons. The number of ether oxygens (including phenoxy) is 3. The second kappa shape index (κ2) is 8.23. The number of carbonyl (C=O) groups excluding carboxylic acids is 3. The Kier molecular flexibility index (Phi) is 5.47. The molecule has 6 rings (SSSR count). The summed E-state index contributed by atoms with van der Waals surface area (Å²) in [4.78, 5) is 37.3. The van der Waals surface area contributed by atoms with Crippen molar-refractivity contribution in [2.45, 2.75) is 64.3 Å². The van der Waals surface area contributed by atoms with E-state index in [1.807, 2.05) is 32.1 Å². The molecule has 5 aliphatic rings. The number of ketones is 1. The van der Waals surface area contributed by atoms with E-state index in [1.54, 1.807) is 24.3 Å². The zero-order chi connectivity index (χ0) is 27.1. The number of carbonyl (C=O) groups is 3. The number of Topliss-reactive ketones (excluding diaryl/α,β-unsaturated/α-hetero) is 1. The van der Waals surface area contributed by atoms with Crippen molar-refractivity contribution in [3.63, 3.8) is 0 Å². The monoisotopic (exact) mass is 518 g/mol. The van der Waals surface area contributed by atoms with Crippen LogP contribution in [0.25, 0.3) is 0 Å². The van der Waals surface area contributed by atoms with Gasteiger partial charge in [0.25, 0.3) is 0 Å². The molecule has 0 bridgehead atoms. The molecule has 0 amide bonds. The fourth-order valence-corrected chi connectivity index (χ4v) is 8.25. The fourth-order valence-electron chi connectivity index (χ4n) is 8.25. The molecule has 1 aromatic rings. The summed E-state index contributed by atoms with van der Waals surface area (Å²) in [5.74, 6) is -1.04. The van der Waals surface area contributed by atoms with Crippen molar-refractivity contribution in [2.75, 3.05) is 6.61 Å². The number of hydrogen-bond donors (Lipinski definition) is 1. The van der Waals surface area contributed by atoms with Crippen molar-refractivity contribution in [3.05, 3.63) is 71.5 Å². The highest BCUT2D eigenvalue weighted by Gasteiger charge is 2.82. The normalized spacial score (nSPS) is 41.9. The molecule has 1 saturated heterocycles. The van der Waals surface area contributed by atoms with E-state index >= 15 is 0 Å². The van der Waals surface area contributed by atoms with Gasteiger partial charge in [0.05, 0.1) is 11.7 Å². The van der Waals surface area contributed by atoms with Gasteiger partial charge in [0, 0.05) is 10.8 Å². The zero-order valence-corrected chi connectivity index (χ0v) is 22.2. The molecule has 4 aliphatic carbocycles. The Morgan fingerprint density at radius 2 is 1.87 bits per heavy atom. The van der Waals surface area contributed by atoms with Crippen LogP contribution in [0.1, 0.15) is 57.3 Å². The second-order valence-electron chi connectivity index (χ2n) is 12.1. The molecular formula is C31H34O7. The third kappa shape index (κ3) is 3.18. The van der Waals surface area contributed by atoms with Gasteiger partial charge in [0.15, 0.2) is 11.4 Å². The number of rotatable bonds is 5. The number of hydrogen-bond acceptors (Lipinski definition) is 7. The van der Waals surface area contributed by atoms with Crippen molar-refractivity contribution in [2.24, 2.45) is 28.6 Å². The lowest BCUT2D eigenvalue weighted by molar-refractivity contribution is -0.190. The van der Waals surface area contributed by atoms with Crippen LogP contribution in [-0.4, -0.2) is 46.7 Å². The highest BCUT2D eigenvalue weighted by Crippen LogP contribution is 2.75. The molecule has 6 unspecified atom stereocenters. The first-order valence-electron chi connectivity index (χ1n) is 13.4. The van der Waals surface area contributed by atoms with E-state index in [9.17, 15) is 19.5 Å². The summed E-state index contributed by atoms with van der Waals surface area (Å²) in [5.41, 5.74) is -1.74. The Bertz CT molecular complexity index is 1310. The predicted octanol–water partition coefficient (Wildman–Crippen LogP) is 4.32. The molecule has 7 nitrogen and oxygen atoms in total. The van der Waals surface area contributed by atoms with Crippen molar-refractivity contribution >= 4 is 17.7 Å². The highest BCUT2D eigenvalue weighted by molar-refractivity contribution is 5.90. The molecule has 1 N–H and O–H groups in total. The van der Waals surface area contributed by atoms with Gasteiger partial charge in [-0.1, -0.05) is 44.2 Å². The standard InChI is InChI=1S/C31H34O7/c1-18-14-24-23-11-10-21-15-22(37-26(33)20-8-6-5-7-9-20)12-13-28(21,3)31(23)25(38-31)16-29(24,4)30(18,35)27(34)36-17-19(2)32/h5-10,12-13,15,18,23-25,35H,11,14,16-17H2,1-4H3/t18-,23?,24?,25?,28?,29?,30+,31?/m1/s1. The lowest BCUT2D eigenvalue weighted by atomic mass is 9.48. The van der Waals surface area contributed by atoms with Crippen LogP contribution in [0.2, 0.25) is 0 Å². The van der Waals surface area contributed by atoms with Gasteiger partial charge in [-0.15, -0.1) is 0 Å². The van der Waals surface area contributed by atoms with Crippen LogP contribution >= 0.6 is 0 Å². The largest absolute Gasteiger partial charge is 0.456 e. The number of fused-ring (bicyclic) bond motifs is 3. The van der Waals surface area contributed by atoms with Gasteiger partial charge in [-0.2, -0.15) is 0 Å². The van der Waals surface area contributed by atoms with E-state index in [0.29, 0.717) is 24.2 Å². The second-order valence-corrected chi connectivity index (χ2v) is 12.1. The van der Waals surface area contributed by atoms with Crippen molar-refractivity contribution in [1.82, 2.24) is 0 Å². The van der Waals surface area contributed by atoms with Crippen molar-refractivity contribution in [3.8, 4) is 0 Å². The lowest BCUT2D eigenvalue weighted by Crippen LogP contribution is -2.61. The first-order valence-corrected chi connectivity index (χ1v) is 13.4. The molecular weight excluding hydrogens is 484 g/mol. The molecule has 8 atom stereocenters. The third-order valence-corrected chi connectivity index (χ3v) is 10.2. The molecule has 1 aromatic carbocycles. The molecule has 38 heavy (non-hydrogen) atoms. The molecule has 1 aliphatic heterocycles. The van der Waals surface area contributed by atoms with Gasteiger partial charge >= 0.3 is 11.9 Å². The summed E-state index contributed by atoms with van der Waals surface area (Å²) in [6.45, 7) is 7.09. The van der Waals surface area contributed by atoms with Crippen LogP contribution in [0.3, 0.4) is 0 Å². The van der Waals surface area contributed by atoms with E-state index in [2.05, 4.69) is 19.1 Å². The Morgan fingerprint density at radius 1 is 1.13 bits per heavy atom. The molecule has 7 heteroatoms. The van der Waals surface area contributed by atoms with Gasteiger partial charge < -0.3 is 19.3 Å². The first kappa shape index (κ1) is 25.3. The van der Waals surface area contributed by atoms with E-state index in [4.69, 9.17) is 14.2 Å². The minimum Gasteiger partial charge on any atom is -0.456 e. The lowest BCUT2D eigenvalue weighted by Gasteiger charge is -2.54. The molecule has 3 fully saturated rings. The van der Waals surface area contributed by atoms with Crippen molar-refractivity contribution < 1.29 is 33.7 Å². The van der Waals surface area contributed by atoms with E-state index in [-0.39, 0.29) is 36.2 Å². The van der Waals surface area contributed by atoms with E-state index in [0.717, 1.165) is 12.0 Å². The Balaban J connectivity index is 1.29. The summed E-state index contributed by atoms with van der Waals surface area (Å²) in [6.07, 6.45) is 9.87. The summed E-state index contributed by atoms with van der Waals surface area (Å²) in [7, 11) is 0. The van der Waals surface area contributed by atoms with E-state index < -0.39 is 34.0 Å². The number of epoxide rings is 1. The van der Waals surface area contributed by atoms with Gasteiger partial charge in [0.2, 0.25) is 0 Å². The predicted molar refractivity (Wildman–Crippen MR) is 138 cm³/mol. The summed E-state index contributed by atoms with van der Waals surface area (Å²) in [5, 5.41) is 11.9. The van der Waals surface area contributed by atoms with Gasteiger partial charge in [-0.25, -0.2) is 9.59 Å². The molecule has 1 spiro atoms. The summed E-state index contributed by atoms with van der Waals surface area (Å²) in [6, 6.07) is 8.91. The minimum absolute atomic E-state index is 0.0374. The molecule has 2 saturated carbocycles. The fraction of sp³-hybridized carbons (Fsp3) is 0.516. The van der Waals surface area contributed by atoms with Crippen LogP contribution in [0.4, 0.5) is 0 Å². The van der Waals surface area contributed by atoms with Crippen LogP contribution in [0.15, 0.2) is 66.0 Å². The average molecular weight is 519 g/mol. The minimum atomic E-state index is -1.68. The van der Waals surface area contributed by atoms with Gasteiger partial charge in [-0.3, -0.25) is 4.79 Å². The average Bonchev–Trinajstić information content (AvgIpc) is 3.57. The maximum Gasteiger partial charge on any atom is 0.343 e. The first-order chi connectivity index (χ1) is 18.0. The summed E-state index contributed by atoms with van der Waals surface area (Å²) >= 11 is 0. The smallest absolute Gasteiger partial charge is 0.343 e. The van der Waals surface area contributed by atoms with Gasteiger partial charge in [-0.05, 0) is 80.7 Å². The highest BCUT2D eigenvalue weighted by atomic mass is 16.6. The van der Waals surface area contributed by atoms with Crippen LogP contribution in [0.5, 0.6) is 0 Å². The van der Waals surface area contributed by atoms with E-state index in [1.165, 1.54) is 6.92 Å². The molecule has 1 heterocycles. The van der Waals surface area contributed by atoms with Crippen LogP contribution < -0.4 is 0 Å². The SMILES string of the molecule is CC(=O)COC(=O)[C@@]1(O)[C@H](C)CC2C3CC=C4C=C(OC(=O)c5ccccc5)C=CC4(C)C34OC4CC21C. The van der Waals surface area contributed by atoms with Crippen LogP contribution in [0, 0.1) is 28.6 Å². The van der Waals surface area contributed by atoms with Gasteiger partial charge in [0.1, 0.15) is 18.0 Å². The maximum absolute atomic E-state index is 13.2. The quantitative estimate of drug-likeness (QED) is 0.458. The van der Waals surface area contributed by atoms with Crippen molar-refractivity contribution in [1.29, 1.82) is 0 Å². The molecule has 0 aromatic heterocycles. The zero-order valence-electron chi connectivity index (χ0n) is 22.2. The number of benzene rings is 1. The third-order valence-electron chi connectivity index (χ3n) is 10.2. The summed E-state index contributed by atoms with van der Waals surface area (Å²) < 4.78 is 17.6. The number of esters is 2. The topological polar surface area (TPSA) is 102 Å². The Morgan fingerprint density at radius 3 is 2.58 bits per heavy atom. The Labute approximate surface area is 222 Å². The Hall–Kier alpha value is -3.03. The van der Waals surface area contributed by atoms with Crippen LogP contribution in [-0.2, 0) is 23.8 Å². The maximum atomic E-state index is 13.2. The molecule has 200 valence electrons. The number of aliphatic hydroxyl groups is 1.